The topological polar surface area (TPSA) is 57.4 Å². The number of anilines is 1. The molecule has 0 spiro atoms. The Balaban J connectivity index is 1.40. The molecule has 0 bridgehead atoms. The van der Waals surface area contributed by atoms with E-state index < -0.39 is 0 Å². The molecule has 4 heterocycles. The summed E-state index contributed by atoms with van der Waals surface area (Å²) in [5.74, 6) is 1.74. The molecule has 2 aliphatic rings. The largest absolute Gasteiger partial charge is 0.396 e. The molecule has 0 aliphatic carbocycles. The lowest BCUT2D eigenvalue weighted by atomic mass is 9.92. The molecule has 2 aromatic heterocycles. The molecular weight excluding hydrogens is 314 g/mol. The minimum absolute atomic E-state index is 0.224. The monoisotopic (exact) mass is 341 g/mol. The molecule has 2 aliphatic heterocycles. The smallest absolute Gasteiger partial charge is 0.128 e. The minimum atomic E-state index is 0.224. The lowest BCUT2D eigenvalue weighted by Gasteiger charge is -2.18. The van der Waals surface area contributed by atoms with Gasteiger partial charge in [-0.25, -0.2) is 4.98 Å². The number of aliphatic hydroxyl groups excluding tert-OH is 1. The number of pyridine rings is 1. The van der Waals surface area contributed by atoms with Gasteiger partial charge in [0.05, 0.1) is 6.20 Å². The van der Waals surface area contributed by atoms with E-state index in [9.17, 15) is 5.11 Å². The predicted octanol–water partition coefficient (Wildman–Crippen LogP) is 1.62. The van der Waals surface area contributed by atoms with Crippen LogP contribution in [0.2, 0.25) is 0 Å². The molecule has 4 rings (SSSR count). The van der Waals surface area contributed by atoms with Gasteiger partial charge in [-0.1, -0.05) is 6.07 Å². The van der Waals surface area contributed by atoms with Crippen molar-refractivity contribution in [1.82, 2.24) is 19.7 Å². The van der Waals surface area contributed by atoms with Gasteiger partial charge in [0.15, 0.2) is 0 Å². The number of aryl methyl sites for hydroxylation is 1. The van der Waals surface area contributed by atoms with Gasteiger partial charge < -0.3 is 10.0 Å². The van der Waals surface area contributed by atoms with Crippen LogP contribution in [-0.4, -0.2) is 57.6 Å². The second kappa shape index (κ2) is 7.14. The Hall–Kier alpha value is -1.92. The van der Waals surface area contributed by atoms with Crippen molar-refractivity contribution in [2.24, 2.45) is 13.0 Å². The maximum absolute atomic E-state index is 9.77. The maximum Gasteiger partial charge on any atom is 0.128 e. The Kier molecular flexibility index (Phi) is 4.72. The van der Waals surface area contributed by atoms with Crippen LogP contribution in [0.3, 0.4) is 0 Å². The average molecular weight is 341 g/mol. The summed E-state index contributed by atoms with van der Waals surface area (Å²) in [7, 11) is 1.94. The second-order valence-corrected chi connectivity index (χ2v) is 7.41. The first-order valence-electron chi connectivity index (χ1n) is 9.24. The lowest BCUT2D eigenvalue weighted by Crippen LogP contribution is -2.22. The normalized spacial score (nSPS) is 24.3. The van der Waals surface area contributed by atoms with E-state index in [0.29, 0.717) is 5.92 Å². The van der Waals surface area contributed by atoms with Crippen LogP contribution in [-0.2, 0) is 13.6 Å². The van der Waals surface area contributed by atoms with Gasteiger partial charge in [-0.3, -0.25) is 9.58 Å². The van der Waals surface area contributed by atoms with E-state index in [4.69, 9.17) is 0 Å². The van der Waals surface area contributed by atoms with Crippen LogP contribution in [0, 0.1) is 5.92 Å². The Labute approximate surface area is 149 Å². The summed E-state index contributed by atoms with van der Waals surface area (Å²) in [6, 6.07) is 4.35. The zero-order valence-electron chi connectivity index (χ0n) is 14.9. The second-order valence-electron chi connectivity index (χ2n) is 7.41. The highest BCUT2D eigenvalue weighted by molar-refractivity contribution is 5.40. The Morgan fingerprint density at radius 2 is 2.00 bits per heavy atom. The van der Waals surface area contributed by atoms with Gasteiger partial charge in [0, 0.05) is 70.6 Å². The highest BCUT2D eigenvalue weighted by Gasteiger charge is 2.34. The quantitative estimate of drug-likeness (QED) is 0.896. The van der Waals surface area contributed by atoms with Gasteiger partial charge in [-0.15, -0.1) is 0 Å². The van der Waals surface area contributed by atoms with Crippen LogP contribution >= 0.6 is 0 Å². The number of rotatable bonds is 5. The number of hydrogen-bond donors (Lipinski definition) is 1. The van der Waals surface area contributed by atoms with Crippen molar-refractivity contribution in [3.8, 4) is 0 Å². The van der Waals surface area contributed by atoms with Gasteiger partial charge in [0.25, 0.3) is 0 Å². The zero-order chi connectivity index (χ0) is 17.2. The summed E-state index contributed by atoms with van der Waals surface area (Å²) in [6.45, 7) is 5.25. The first-order valence-corrected chi connectivity index (χ1v) is 9.24. The first kappa shape index (κ1) is 16.5. The summed E-state index contributed by atoms with van der Waals surface area (Å²) < 4.78 is 1.84. The highest BCUT2D eigenvalue weighted by Crippen LogP contribution is 2.33. The SMILES string of the molecule is Cn1cc([C@@H]2CN(Cc3ccc(N4CCCC4)nc3)C[C@H]2CO)cn1. The van der Waals surface area contributed by atoms with Gasteiger partial charge in [-0.2, -0.15) is 5.10 Å². The molecule has 0 radical (unpaired) electrons. The van der Waals surface area contributed by atoms with Crippen molar-refractivity contribution in [2.75, 3.05) is 37.7 Å². The molecular formula is C19H27N5O. The third-order valence-electron chi connectivity index (χ3n) is 5.55. The maximum atomic E-state index is 9.77. The summed E-state index contributed by atoms with van der Waals surface area (Å²) in [6.07, 6.45) is 8.57. The van der Waals surface area contributed by atoms with Crippen LogP contribution < -0.4 is 4.90 Å². The molecule has 2 atom stereocenters. The number of likely N-dealkylation sites (tertiary alicyclic amines) is 1. The van der Waals surface area contributed by atoms with Crippen molar-refractivity contribution >= 4 is 5.82 Å². The Bertz CT molecular complexity index is 692. The third kappa shape index (κ3) is 3.55. The van der Waals surface area contributed by atoms with E-state index >= 15 is 0 Å². The Morgan fingerprint density at radius 3 is 2.64 bits per heavy atom. The van der Waals surface area contributed by atoms with Crippen LogP contribution in [0.1, 0.15) is 29.9 Å². The average Bonchev–Trinajstić information content (AvgIpc) is 3.35. The summed E-state index contributed by atoms with van der Waals surface area (Å²) in [4.78, 5) is 9.44. The summed E-state index contributed by atoms with van der Waals surface area (Å²) in [5, 5.41) is 14.1. The van der Waals surface area contributed by atoms with Crippen molar-refractivity contribution in [3.05, 3.63) is 41.9 Å². The van der Waals surface area contributed by atoms with Gasteiger partial charge >= 0.3 is 0 Å². The molecule has 0 aromatic carbocycles. The molecule has 6 heteroatoms. The van der Waals surface area contributed by atoms with Crippen molar-refractivity contribution < 1.29 is 5.11 Å². The first-order chi connectivity index (χ1) is 12.2. The molecule has 25 heavy (non-hydrogen) atoms. The van der Waals surface area contributed by atoms with E-state index in [2.05, 4.69) is 38.2 Å². The van der Waals surface area contributed by atoms with Crippen LogP contribution in [0.4, 0.5) is 5.82 Å². The number of aromatic nitrogens is 3. The van der Waals surface area contributed by atoms with Crippen molar-refractivity contribution in [1.29, 1.82) is 0 Å². The van der Waals surface area contributed by atoms with E-state index in [-0.39, 0.29) is 12.5 Å². The number of hydrogen-bond acceptors (Lipinski definition) is 5. The van der Waals surface area contributed by atoms with Crippen LogP contribution in [0.15, 0.2) is 30.7 Å². The van der Waals surface area contributed by atoms with Gasteiger partial charge in [0.1, 0.15) is 5.82 Å². The standard InChI is InChI=1S/C19H27N5O/c1-22-11-16(9-21-22)18-13-23(12-17(18)14-25)10-15-4-5-19(20-8-15)24-6-2-3-7-24/h4-5,8-9,11,17-18,25H,2-3,6-7,10,12-14H2,1H3/t17-,18-/m0/s1. The molecule has 0 saturated carbocycles. The molecule has 1 N–H and O–H groups in total. The molecule has 0 amide bonds. The fourth-order valence-electron chi connectivity index (χ4n) is 4.19. The van der Waals surface area contributed by atoms with Gasteiger partial charge in [-0.05, 0) is 30.0 Å². The fourth-order valence-corrected chi connectivity index (χ4v) is 4.19. The minimum Gasteiger partial charge on any atom is -0.396 e. The van der Waals surface area contributed by atoms with E-state index in [0.717, 1.165) is 38.5 Å². The van der Waals surface area contributed by atoms with Crippen LogP contribution in [0.5, 0.6) is 0 Å². The predicted molar refractivity (Wildman–Crippen MR) is 97.5 cm³/mol. The van der Waals surface area contributed by atoms with Crippen molar-refractivity contribution in [2.45, 2.75) is 25.3 Å². The molecule has 134 valence electrons. The number of nitrogens with zero attached hydrogens (tertiary/aromatic N) is 5. The van der Waals surface area contributed by atoms with Gasteiger partial charge in [0.2, 0.25) is 0 Å². The van der Waals surface area contributed by atoms with Crippen LogP contribution in [0.25, 0.3) is 0 Å². The highest BCUT2D eigenvalue weighted by atomic mass is 16.3. The zero-order valence-corrected chi connectivity index (χ0v) is 14.9. The molecule has 0 unspecified atom stereocenters. The van der Waals surface area contributed by atoms with Crippen molar-refractivity contribution in [3.63, 3.8) is 0 Å². The Morgan fingerprint density at radius 1 is 1.16 bits per heavy atom. The van der Waals surface area contributed by atoms with E-state index in [1.165, 1.54) is 24.0 Å². The van der Waals surface area contributed by atoms with E-state index in [1.807, 2.05) is 24.1 Å². The molecule has 6 nitrogen and oxygen atoms in total. The number of aliphatic hydroxyl groups is 1. The molecule has 2 fully saturated rings. The summed E-state index contributed by atoms with van der Waals surface area (Å²) in [5.41, 5.74) is 2.47. The lowest BCUT2D eigenvalue weighted by molar-refractivity contribution is 0.214. The third-order valence-corrected chi connectivity index (χ3v) is 5.55. The molecule has 2 aromatic rings. The van der Waals surface area contributed by atoms with E-state index in [1.54, 1.807) is 0 Å². The summed E-state index contributed by atoms with van der Waals surface area (Å²) >= 11 is 0. The fraction of sp³-hybridized carbons (Fsp3) is 0.579. The molecule has 2 saturated heterocycles.